The van der Waals surface area contributed by atoms with Gasteiger partial charge >= 0.3 is 0 Å². The molecular formula is C17H25FN2O3. The number of ether oxygens (including phenoxy) is 2. The maximum Gasteiger partial charge on any atom is 0.224 e. The maximum atomic E-state index is 13.8. The number of halogens is 1. The number of anilines is 1. The van der Waals surface area contributed by atoms with Crippen molar-refractivity contribution in [2.45, 2.75) is 26.2 Å². The molecule has 0 aromatic heterocycles. The summed E-state index contributed by atoms with van der Waals surface area (Å²) >= 11 is 0. The fourth-order valence-electron chi connectivity index (χ4n) is 2.98. The van der Waals surface area contributed by atoms with Gasteiger partial charge < -0.3 is 20.1 Å². The lowest BCUT2D eigenvalue weighted by atomic mass is 9.85. The molecule has 1 amide bonds. The Morgan fingerprint density at radius 1 is 1.39 bits per heavy atom. The molecule has 1 saturated heterocycles. The number of rotatable bonds is 6. The summed E-state index contributed by atoms with van der Waals surface area (Å²) in [5, 5.41) is 6.11. The van der Waals surface area contributed by atoms with Gasteiger partial charge in [-0.1, -0.05) is 6.92 Å². The Morgan fingerprint density at radius 3 is 2.74 bits per heavy atom. The highest BCUT2D eigenvalue weighted by Gasteiger charge is 2.22. The van der Waals surface area contributed by atoms with Gasteiger partial charge in [-0.05, 0) is 37.8 Å². The molecule has 23 heavy (non-hydrogen) atoms. The molecule has 6 heteroatoms. The molecule has 0 saturated carbocycles. The zero-order chi connectivity index (χ0) is 16.8. The standard InChI is InChI=1S/C17H25FN2O3/c1-11(12-5-4-6-19-10-12)7-17(21)20-14-8-13(18)15(22-2)9-16(14)23-3/h8-9,11-12,19H,4-7,10H2,1-3H3,(H,20,21). The second-order valence-corrected chi connectivity index (χ2v) is 6.02. The lowest BCUT2D eigenvalue weighted by molar-refractivity contribution is -0.117. The Labute approximate surface area is 136 Å². The maximum absolute atomic E-state index is 13.8. The first-order valence-corrected chi connectivity index (χ1v) is 7.97. The van der Waals surface area contributed by atoms with Crippen LogP contribution in [0, 0.1) is 17.7 Å². The molecule has 0 spiro atoms. The second-order valence-electron chi connectivity index (χ2n) is 6.02. The zero-order valence-corrected chi connectivity index (χ0v) is 13.9. The van der Waals surface area contributed by atoms with E-state index in [2.05, 4.69) is 17.6 Å². The van der Waals surface area contributed by atoms with Crippen molar-refractivity contribution in [2.24, 2.45) is 11.8 Å². The van der Waals surface area contributed by atoms with Crippen LogP contribution in [0.2, 0.25) is 0 Å². The van der Waals surface area contributed by atoms with Crippen molar-refractivity contribution in [3.8, 4) is 11.5 Å². The normalized spacial score (nSPS) is 19.0. The monoisotopic (exact) mass is 324 g/mol. The van der Waals surface area contributed by atoms with Crippen LogP contribution in [0.25, 0.3) is 0 Å². The first-order chi connectivity index (χ1) is 11.0. The summed E-state index contributed by atoms with van der Waals surface area (Å²) in [6.07, 6.45) is 2.69. The van der Waals surface area contributed by atoms with Crippen LogP contribution in [-0.2, 0) is 4.79 Å². The van der Waals surface area contributed by atoms with E-state index in [1.165, 1.54) is 26.4 Å². The Bertz CT molecular complexity index is 545. The lowest BCUT2D eigenvalue weighted by Gasteiger charge is -2.28. The number of carbonyl (C=O) groups is 1. The van der Waals surface area contributed by atoms with E-state index in [0.29, 0.717) is 23.8 Å². The number of hydrogen-bond donors (Lipinski definition) is 2. The molecule has 2 atom stereocenters. The van der Waals surface area contributed by atoms with Crippen molar-refractivity contribution in [1.29, 1.82) is 0 Å². The fraction of sp³-hybridized carbons (Fsp3) is 0.588. The van der Waals surface area contributed by atoms with Gasteiger partial charge in [-0.25, -0.2) is 4.39 Å². The summed E-state index contributed by atoms with van der Waals surface area (Å²) < 4.78 is 23.9. The molecule has 1 aromatic carbocycles. The van der Waals surface area contributed by atoms with Crippen molar-refractivity contribution >= 4 is 11.6 Å². The van der Waals surface area contributed by atoms with Gasteiger partial charge in [0.05, 0.1) is 19.9 Å². The summed E-state index contributed by atoms with van der Waals surface area (Å²) in [6.45, 7) is 4.09. The van der Waals surface area contributed by atoms with Crippen molar-refractivity contribution in [2.75, 3.05) is 32.6 Å². The predicted octanol–water partition coefficient (Wildman–Crippen LogP) is 2.81. The highest BCUT2D eigenvalue weighted by atomic mass is 19.1. The summed E-state index contributed by atoms with van der Waals surface area (Å²) in [5.41, 5.74) is 0.324. The number of carbonyl (C=O) groups excluding carboxylic acids is 1. The van der Waals surface area contributed by atoms with Crippen LogP contribution in [0.1, 0.15) is 26.2 Å². The first kappa shape index (κ1) is 17.5. The van der Waals surface area contributed by atoms with Gasteiger partial charge in [0.1, 0.15) is 5.75 Å². The van der Waals surface area contributed by atoms with E-state index in [0.717, 1.165) is 25.9 Å². The minimum absolute atomic E-state index is 0.0847. The zero-order valence-electron chi connectivity index (χ0n) is 13.9. The van der Waals surface area contributed by atoms with Crippen molar-refractivity contribution in [3.63, 3.8) is 0 Å². The molecule has 1 aliphatic heterocycles. The highest BCUT2D eigenvalue weighted by molar-refractivity contribution is 5.92. The molecule has 1 fully saturated rings. The fourth-order valence-corrected chi connectivity index (χ4v) is 2.98. The number of hydrogen-bond acceptors (Lipinski definition) is 4. The molecule has 2 N–H and O–H groups in total. The third kappa shape index (κ3) is 4.58. The van der Waals surface area contributed by atoms with Gasteiger partial charge in [0.25, 0.3) is 0 Å². The van der Waals surface area contributed by atoms with Crippen LogP contribution in [0.5, 0.6) is 11.5 Å². The summed E-state index contributed by atoms with van der Waals surface area (Å²) in [6, 6.07) is 2.65. The summed E-state index contributed by atoms with van der Waals surface area (Å²) in [7, 11) is 2.86. The second kappa shape index (κ2) is 8.15. The molecule has 2 rings (SSSR count). The number of nitrogens with one attached hydrogen (secondary N) is 2. The molecule has 1 aliphatic rings. The van der Waals surface area contributed by atoms with Crippen LogP contribution >= 0.6 is 0 Å². The summed E-state index contributed by atoms with van der Waals surface area (Å²) in [5.74, 6) is 0.574. The smallest absolute Gasteiger partial charge is 0.224 e. The number of amides is 1. The molecule has 128 valence electrons. The lowest BCUT2D eigenvalue weighted by Crippen LogP contribution is -2.34. The van der Waals surface area contributed by atoms with E-state index in [1.54, 1.807) is 0 Å². The molecular weight excluding hydrogens is 299 g/mol. The van der Waals surface area contributed by atoms with E-state index in [-0.39, 0.29) is 17.6 Å². The number of methoxy groups -OCH3 is 2. The van der Waals surface area contributed by atoms with Gasteiger partial charge in [-0.15, -0.1) is 0 Å². The van der Waals surface area contributed by atoms with Crippen LogP contribution in [0.4, 0.5) is 10.1 Å². The Hall–Kier alpha value is -1.82. The van der Waals surface area contributed by atoms with Gasteiger partial charge in [0.15, 0.2) is 11.6 Å². The molecule has 0 aliphatic carbocycles. The largest absolute Gasteiger partial charge is 0.494 e. The van der Waals surface area contributed by atoms with E-state index in [4.69, 9.17) is 9.47 Å². The first-order valence-electron chi connectivity index (χ1n) is 7.97. The van der Waals surface area contributed by atoms with Crippen LogP contribution in [-0.4, -0.2) is 33.2 Å². The molecule has 5 nitrogen and oxygen atoms in total. The molecule has 1 heterocycles. The molecule has 0 radical (unpaired) electrons. The van der Waals surface area contributed by atoms with E-state index < -0.39 is 5.82 Å². The average Bonchev–Trinajstić information content (AvgIpc) is 2.55. The third-order valence-corrected chi connectivity index (χ3v) is 4.40. The van der Waals surface area contributed by atoms with Crippen molar-refractivity contribution in [1.82, 2.24) is 5.32 Å². The quantitative estimate of drug-likeness (QED) is 0.845. The summed E-state index contributed by atoms with van der Waals surface area (Å²) in [4.78, 5) is 12.3. The minimum Gasteiger partial charge on any atom is -0.494 e. The van der Waals surface area contributed by atoms with Gasteiger partial charge in [-0.2, -0.15) is 0 Å². The SMILES string of the molecule is COc1cc(OC)c(NC(=O)CC(C)C2CCCNC2)cc1F. The highest BCUT2D eigenvalue weighted by Crippen LogP contribution is 2.32. The van der Waals surface area contributed by atoms with E-state index in [1.807, 2.05) is 0 Å². The van der Waals surface area contributed by atoms with Gasteiger partial charge in [0, 0.05) is 18.6 Å². The van der Waals surface area contributed by atoms with Crippen LogP contribution < -0.4 is 20.1 Å². The topological polar surface area (TPSA) is 59.6 Å². The molecule has 2 unspecified atom stereocenters. The van der Waals surface area contributed by atoms with E-state index in [9.17, 15) is 9.18 Å². The minimum atomic E-state index is -0.534. The Morgan fingerprint density at radius 2 is 2.13 bits per heavy atom. The van der Waals surface area contributed by atoms with Gasteiger partial charge in [0.2, 0.25) is 5.91 Å². The van der Waals surface area contributed by atoms with Gasteiger partial charge in [-0.3, -0.25) is 4.79 Å². The molecule has 1 aromatic rings. The van der Waals surface area contributed by atoms with E-state index >= 15 is 0 Å². The molecule has 0 bridgehead atoms. The number of piperidine rings is 1. The number of benzene rings is 1. The van der Waals surface area contributed by atoms with Crippen LogP contribution in [0.3, 0.4) is 0 Å². The van der Waals surface area contributed by atoms with Crippen molar-refractivity contribution < 1.29 is 18.7 Å². The Kier molecular flexibility index (Phi) is 6.21. The predicted molar refractivity (Wildman–Crippen MR) is 87.5 cm³/mol. The third-order valence-electron chi connectivity index (χ3n) is 4.40. The average molecular weight is 324 g/mol. The van der Waals surface area contributed by atoms with Crippen LogP contribution in [0.15, 0.2) is 12.1 Å². The Balaban J connectivity index is 2.00. The van der Waals surface area contributed by atoms with Crippen molar-refractivity contribution in [3.05, 3.63) is 17.9 Å².